The number of nitriles is 1. The summed E-state index contributed by atoms with van der Waals surface area (Å²) in [6.45, 7) is 3.47. The predicted octanol–water partition coefficient (Wildman–Crippen LogP) is 6.33. The smallest absolute Gasteiger partial charge is 0.418 e. The molecular formula is C31H28F4N4O4S. The number of carbonyl (C=O) groups is 1. The van der Waals surface area contributed by atoms with Crippen molar-refractivity contribution in [2.75, 3.05) is 6.61 Å². The minimum absolute atomic E-state index is 0.00366. The van der Waals surface area contributed by atoms with Crippen molar-refractivity contribution in [3.63, 3.8) is 0 Å². The van der Waals surface area contributed by atoms with Crippen molar-refractivity contribution in [3.05, 3.63) is 100 Å². The molecule has 2 N–H and O–H groups in total. The van der Waals surface area contributed by atoms with Gasteiger partial charge in [-0.15, -0.1) is 0 Å². The molecule has 0 unspecified atom stereocenters. The van der Waals surface area contributed by atoms with Crippen molar-refractivity contribution < 1.29 is 35.5 Å². The van der Waals surface area contributed by atoms with E-state index in [2.05, 4.69) is 5.10 Å². The van der Waals surface area contributed by atoms with Crippen LogP contribution < -0.4 is 5.14 Å². The predicted molar refractivity (Wildman–Crippen MR) is 154 cm³/mol. The Kier molecular flexibility index (Phi) is 9.56. The van der Waals surface area contributed by atoms with E-state index in [9.17, 15) is 31.6 Å². The lowest BCUT2D eigenvalue weighted by atomic mass is 9.97. The van der Waals surface area contributed by atoms with Crippen LogP contribution >= 0.6 is 0 Å². The Morgan fingerprint density at radius 1 is 1.09 bits per heavy atom. The number of ether oxygens (including phenoxy) is 1. The molecule has 0 saturated carbocycles. The van der Waals surface area contributed by atoms with Gasteiger partial charge in [0.2, 0.25) is 10.0 Å². The van der Waals surface area contributed by atoms with Gasteiger partial charge >= 0.3 is 12.1 Å². The minimum atomic E-state index is -4.85. The number of halogens is 4. The molecule has 0 fully saturated rings. The second kappa shape index (κ2) is 13.0. The fraction of sp³-hybridized carbons (Fsp3) is 0.258. The Bertz CT molecular complexity index is 1860. The molecule has 1 aromatic heterocycles. The molecule has 4 rings (SSSR count). The van der Waals surface area contributed by atoms with Crippen molar-refractivity contribution in [1.29, 1.82) is 5.26 Å². The first-order valence-corrected chi connectivity index (χ1v) is 15.1. The van der Waals surface area contributed by atoms with Crippen LogP contribution in [0.25, 0.3) is 16.8 Å². The first kappa shape index (κ1) is 32.4. The number of carbonyl (C=O) groups excluding carboxylic acids is 1. The van der Waals surface area contributed by atoms with E-state index >= 15 is 4.39 Å². The van der Waals surface area contributed by atoms with Gasteiger partial charge in [0.05, 0.1) is 34.0 Å². The Labute approximate surface area is 251 Å². The van der Waals surface area contributed by atoms with Gasteiger partial charge in [0.15, 0.2) is 0 Å². The maximum atomic E-state index is 15.5. The van der Waals surface area contributed by atoms with E-state index < -0.39 is 39.2 Å². The molecule has 0 spiro atoms. The van der Waals surface area contributed by atoms with Gasteiger partial charge < -0.3 is 4.74 Å². The van der Waals surface area contributed by atoms with Gasteiger partial charge in [-0.05, 0) is 61.2 Å². The highest BCUT2D eigenvalue weighted by atomic mass is 32.2. The van der Waals surface area contributed by atoms with E-state index in [1.54, 1.807) is 13.0 Å². The van der Waals surface area contributed by atoms with Crippen LogP contribution in [0.2, 0.25) is 0 Å². The number of hydrogen-bond acceptors (Lipinski definition) is 6. The highest BCUT2D eigenvalue weighted by Crippen LogP contribution is 2.36. The summed E-state index contributed by atoms with van der Waals surface area (Å²) in [5.74, 6) is -1.57. The summed E-state index contributed by atoms with van der Waals surface area (Å²) in [5.41, 5.74) is -1.00. The molecular weight excluding hydrogens is 600 g/mol. The fourth-order valence-electron chi connectivity index (χ4n) is 4.81. The van der Waals surface area contributed by atoms with Crippen LogP contribution in [-0.4, -0.2) is 30.8 Å². The lowest BCUT2D eigenvalue weighted by Gasteiger charge is -2.15. The molecule has 44 heavy (non-hydrogen) atoms. The number of rotatable bonds is 10. The van der Waals surface area contributed by atoms with E-state index in [1.165, 1.54) is 30.3 Å². The Balaban J connectivity index is 1.86. The number of aryl methyl sites for hydroxylation is 1. The molecule has 1 heterocycles. The second-order valence-corrected chi connectivity index (χ2v) is 11.4. The Hall–Kier alpha value is -4.54. The molecule has 0 aliphatic heterocycles. The highest BCUT2D eigenvalue weighted by Gasteiger charge is 2.36. The zero-order valence-electron chi connectivity index (χ0n) is 23.8. The number of hydrogen-bond donors (Lipinski definition) is 1. The van der Waals surface area contributed by atoms with Crippen LogP contribution in [0, 0.1) is 17.1 Å². The van der Waals surface area contributed by atoms with Crippen LogP contribution in [0.15, 0.2) is 65.6 Å². The first-order chi connectivity index (χ1) is 20.8. The van der Waals surface area contributed by atoms with Crippen LogP contribution in [-0.2, 0) is 33.8 Å². The standard InChI is InChI=1S/C31H28F4N4O4S/c1-3-5-9-26-23(15-20-12-11-19(16-25(20)32)22-8-6-7-10-29(22)44(37,41)42)28(18-36)39(38-26)27-17-21(30(40)43-4-2)13-14-24(27)31(33,34)35/h6-8,10-14,16-17H,3-5,9,15H2,1-2H3,(H2,37,41,42). The number of aromatic nitrogens is 2. The summed E-state index contributed by atoms with van der Waals surface area (Å²) >= 11 is 0. The van der Waals surface area contributed by atoms with Gasteiger partial charge in [0.1, 0.15) is 17.6 Å². The molecule has 3 aromatic carbocycles. The van der Waals surface area contributed by atoms with E-state index in [1.807, 2.05) is 13.0 Å². The number of benzene rings is 3. The fourth-order valence-corrected chi connectivity index (χ4v) is 5.57. The van der Waals surface area contributed by atoms with Crippen LogP contribution in [0.5, 0.6) is 0 Å². The minimum Gasteiger partial charge on any atom is -0.462 e. The third kappa shape index (κ3) is 6.82. The molecule has 4 aromatic rings. The molecule has 0 radical (unpaired) electrons. The molecule has 0 atom stereocenters. The van der Waals surface area contributed by atoms with E-state index in [0.29, 0.717) is 25.0 Å². The van der Waals surface area contributed by atoms with Gasteiger partial charge in [-0.3, -0.25) is 0 Å². The summed E-state index contributed by atoms with van der Waals surface area (Å²) in [6, 6.07) is 14.5. The molecule has 0 amide bonds. The summed E-state index contributed by atoms with van der Waals surface area (Å²) in [7, 11) is -4.10. The third-order valence-corrected chi connectivity index (χ3v) is 7.88. The monoisotopic (exact) mass is 628 g/mol. The number of alkyl halides is 3. The molecule has 8 nitrogen and oxygen atoms in total. The number of nitrogens with two attached hydrogens (primary N) is 1. The van der Waals surface area contributed by atoms with Crippen LogP contribution in [0.3, 0.4) is 0 Å². The molecule has 230 valence electrons. The second-order valence-electron chi connectivity index (χ2n) is 9.88. The van der Waals surface area contributed by atoms with Crippen molar-refractivity contribution in [3.8, 4) is 22.9 Å². The highest BCUT2D eigenvalue weighted by molar-refractivity contribution is 7.89. The maximum Gasteiger partial charge on any atom is 0.418 e. The van der Waals surface area contributed by atoms with Crippen molar-refractivity contribution >= 4 is 16.0 Å². The average molecular weight is 629 g/mol. The number of sulfonamides is 1. The zero-order chi connectivity index (χ0) is 32.2. The Morgan fingerprint density at radius 3 is 2.43 bits per heavy atom. The van der Waals surface area contributed by atoms with Crippen LogP contribution in [0.1, 0.15) is 65.1 Å². The van der Waals surface area contributed by atoms with Crippen molar-refractivity contribution in [1.82, 2.24) is 9.78 Å². The first-order valence-electron chi connectivity index (χ1n) is 13.6. The molecule has 13 heteroatoms. The topological polar surface area (TPSA) is 128 Å². The lowest BCUT2D eigenvalue weighted by molar-refractivity contribution is -0.137. The molecule has 0 aliphatic rings. The van der Waals surface area contributed by atoms with E-state index in [-0.39, 0.29) is 51.4 Å². The van der Waals surface area contributed by atoms with Gasteiger partial charge in [-0.1, -0.05) is 43.7 Å². The number of primary sulfonamides is 1. The number of unbranched alkanes of at least 4 members (excludes halogenated alkanes) is 1. The van der Waals surface area contributed by atoms with E-state index in [4.69, 9.17) is 9.88 Å². The maximum absolute atomic E-state index is 15.5. The quantitative estimate of drug-likeness (QED) is 0.162. The van der Waals surface area contributed by atoms with Crippen LogP contribution in [0.4, 0.5) is 17.6 Å². The summed E-state index contributed by atoms with van der Waals surface area (Å²) in [5, 5.41) is 19.9. The summed E-state index contributed by atoms with van der Waals surface area (Å²) in [4.78, 5) is 12.2. The van der Waals surface area contributed by atoms with Crippen molar-refractivity contribution in [2.24, 2.45) is 5.14 Å². The lowest BCUT2D eigenvalue weighted by Crippen LogP contribution is -2.15. The van der Waals surface area contributed by atoms with Gasteiger partial charge in [0, 0.05) is 17.5 Å². The van der Waals surface area contributed by atoms with Crippen molar-refractivity contribution in [2.45, 2.75) is 50.6 Å². The molecule has 0 saturated heterocycles. The number of nitrogens with zero attached hydrogens (tertiary/aromatic N) is 3. The Morgan fingerprint density at radius 2 is 1.82 bits per heavy atom. The summed E-state index contributed by atoms with van der Waals surface area (Å²) in [6.07, 6.45) is -3.43. The molecule has 0 aliphatic carbocycles. The summed E-state index contributed by atoms with van der Waals surface area (Å²) < 4.78 is 87.8. The largest absolute Gasteiger partial charge is 0.462 e. The SMILES string of the molecule is CCCCc1nn(-c2cc(C(=O)OCC)ccc2C(F)(F)F)c(C#N)c1Cc1ccc(-c2ccccc2S(N)(=O)=O)cc1F. The number of esters is 1. The molecule has 0 bridgehead atoms. The van der Waals surface area contributed by atoms with Gasteiger partial charge in [-0.25, -0.2) is 27.4 Å². The van der Waals surface area contributed by atoms with Gasteiger partial charge in [0.25, 0.3) is 0 Å². The zero-order valence-corrected chi connectivity index (χ0v) is 24.6. The van der Waals surface area contributed by atoms with E-state index in [0.717, 1.165) is 28.9 Å². The average Bonchev–Trinajstić information content (AvgIpc) is 3.32. The third-order valence-electron chi connectivity index (χ3n) is 6.91. The van der Waals surface area contributed by atoms with Gasteiger partial charge in [-0.2, -0.15) is 23.5 Å². The normalized spacial score (nSPS) is 11.8.